The van der Waals surface area contributed by atoms with E-state index in [0.717, 1.165) is 11.2 Å². The molecule has 5 nitrogen and oxygen atoms in total. The minimum absolute atomic E-state index is 0.0246. The third kappa shape index (κ3) is 3.03. The Bertz CT molecular complexity index is 738. The van der Waals surface area contributed by atoms with Gasteiger partial charge in [0.15, 0.2) is 0 Å². The van der Waals surface area contributed by atoms with Gasteiger partial charge >= 0.3 is 0 Å². The number of nitrogens with zero attached hydrogens (tertiary/aromatic N) is 2. The first kappa shape index (κ1) is 13.6. The summed E-state index contributed by atoms with van der Waals surface area (Å²) >= 11 is 0. The summed E-state index contributed by atoms with van der Waals surface area (Å²) in [6, 6.07) is 9.88. The van der Waals surface area contributed by atoms with Gasteiger partial charge in [0.25, 0.3) is 0 Å². The number of hydrogen-bond donors (Lipinski definition) is 3. The molecule has 0 unspecified atom stereocenters. The Morgan fingerprint density at radius 1 is 1.29 bits per heavy atom. The van der Waals surface area contributed by atoms with Crippen molar-refractivity contribution in [3.63, 3.8) is 0 Å². The van der Waals surface area contributed by atoms with Crippen molar-refractivity contribution in [1.82, 2.24) is 15.0 Å². The number of aromatic amines is 1. The van der Waals surface area contributed by atoms with E-state index in [1.165, 1.54) is 10.9 Å². The lowest BCUT2D eigenvalue weighted by Gasteiger charge is -2.16. The van der Waals surface area contributed by atoms with E-state index in [4.69, 9.17) is 0 Å². The number of anilines is 1. The molecule has 21 heavy (non-hydrogen) atoms. The van der Waals surface area contributed by atoms with E-state index in [1.54, 1.807) is 6.20 Å². The summed E-state index contributed by atoms with van der Waals surface area (Å²) in [5.74, 6) is 0.550. The van der Waals surface area contributed by atoms with Crippen molar-refractivity contribution in [3.05, 3.63) is 54.0 Å². The number of hydrogen-bond acceptors (Lipinski definition) is 4. The number of aliphatic hydroxyl groups excluding tert-OH is 1. The largest absolute Gasteiger partial charge is 0.394 e. The van der Waals surface area contributed by atoms with Crippen molar-refractivity contribution in [2.75, 3.05) is 11.9 Å². The second kappa shape index (κ2) is 5.93. The second-order valence-corrected chi connectivity index (χ2v) is 5.11. The first-order valence-electron chi connectivity index (χ1n) is 6.98. The normalized spacial score (nSPS) is 12.5. The standard InChI is InChI=1S/C16H18N4O/c1-11-6-7-17-16(19-11)20-13(10-21)8-12-9-18-15-5-3-2-4-14(12)15/h2-7,9,13,18,21H,8,10H2,1H3,(H,17,19,20)/t13-/m0/s1. The van der Waals surface area contributed by atoms with Gasteiger partial charge in [0.05, 0.1) is 12.6 Å². The van der Waals surface area contributed by atoms with Crippen LogP contribution in [0.15, 0.2) is 42.7 Å². The molecule has 3 aromatic rings. The molecular weight excluding hydrogens is 264 g/mol. The molecule has 2 aromatic heterocycles. The van der Waals surface area contributed by atoms with Crippen molar-refractivity contribution >= 4 is 16.9 Å². The van der Waals surface area contributed by atoms with E-state index >= 15 is 0 Å². The van der Waals surface area contributed by atoms with Gasteiger partial charge in [-0.25, -0.2) is 9.97 Å². The zero-order valence-corrected chi connectivity index (χ0v) is 11.9. The maximum absolute atomic E-state index is 9.60. The average Bonchev–Trinajstić information content (AvgIpc) is 2.90. The van der Waals surface area contributed by atoms with Gasteiger partial charge in [-0.3, -0.25) is 0 Å². The van der Waals surface area contributed by atoms with Gasteiger partial charge in [-0.2, -0.15) is 0 Å². The third-order valence-corrected chi connectivity index (χ3v) is 3.49. The van der Waals surface area contributed by atoms with E-state index in [9.17, 15) is 5.11 Å². The number of aliphatic hydroxyl groups is 1. The highest BCUT2D eigenvalue weighted by atomic mass is 16.3. The molecule has 0 saturated heterocycles. The van der Waals surface area contributed by atoms with Crippen LogP contribution in [0.2, 0.25) is 0 Å². The minimum Gasteiger partial charge on any atom is -0.394 e. The maximum Gasteiger partial charge on any atom is 0.223 e. The molecular formula is C16H18N4O. The number of fused-ring (bicyclic) bond motifs is 1. The molecule has 0 radical (unpaired) electrons. The Balaban J connectivity index is 1.78. The Hall–Kier alpha value is -2.40. The highest BCUT2D eigenvalue weighted by Crippen LogP contribution is 2.19. The molecule has 3 rings (SSSR count). The topological polar surface area (TPSA) is 73.8 Å². The van der Waals surface area contributed by atoms with Crippen LogP contribution in [0.3, 0.4) is 0 Å². The molecule has 0 aliphatic heterocycles. The molecule has 0 aliphatic carbocycles. The average molecular weight is 282 g/mol. The number of aryl methyl sites for hydroxylation is 1. The molecule has 0 aliphatic rings. The van der Waals surface area contributed by atoms with Gasteiger partial charge in [0, 0.05) is 29.0 Å². The van der Waals surface area contributed by atoms with Gasteiger partial charge in [-0.05, 0) is 31.0 Å². The Labute approximate surface area is 123 Å². The van der Waals surface area contributed by atoms with Crippen LogP contribution < -0.4 is 5.32 Å². The van der Waals surface area contributed by atoms with Crippen molar-refractivity contribution in [2.45, 2.75) is 19.4 Å². The number of rotatable bonds is 5. The van der Waals surface area contributed by atoms with E-state index in [2.05, 4.69) is 26.3 Å². The molecule has 0 spiro atoms. The van der Waals surface area contributed by atoms with Gasteiger partial charge in [0.1, 0.15) is 0 Å². The zero-order chi connectivity index (χ0) is 14.7. The van der Waals surface area contributed by atoms with Crippen LogP contribution in [0.25, 0.3) is 10.9 Å². The number of H-pyrrole nitrogens is 1. The fourth-order valence-corrected chi connectivity index (χ4v) is 2.43. The molecule has 5 heteroatoms. The summed E-state index contributed by atoms with van der Waals surface area (Å²) in [6.07, 6.45) is 4.41. The van der Waals surface area contributed by atoms with Crippen LogP contribution in [0.1, 0.15) is 11.3 Å². The lowest BCUT2D eigenvalue weighted by molar-refractivity contribution is 0.273. The molecule has 0 bridgehead atoms. The van der Waals surface area contributed by atoms with Gasteiger partial charge in [0.2, 0.25) is 5.95 Å². The van der Waals surface area contributed by atoms with Crippen LogP contribution >= 0.6 is 0 Å². The molecule has 0 saturated carbocycles. The molecule has 0 amide bonds. The lowest BCUT2D eigenvalue weighted by Crippen LogP contribution is -2.27. The molecule has 1 aromatic carbocycles. The fraction of sp³-hybridized carbons (Fsp3) is 0.250. The first-order chi connectivity index (χ1) is 10.3. The van der Waals surface area contributed by atoms with Crippen LogP contribution in [0, 0.1) is 6.92 Å². The Morgan fingerprint density at radius 3 is 2.95 bits per heavy atom. The summed E-state index contributed by atoms with van der Waals surface area (Å²) in [7, 11) is 0. The van der Waals surface area contributed by atoms with E-state index in [-0.39, 0.29) is 12.6 Å². The quantitative estimate of drug-likeness (QED) is 0.671. The van der Waals surface area contributed by atoms with E-state index in [1.807, 2.05) is 37.4 Å². The zero-order valence-electron chi connectivity index (χ0n) is 11.9. The highest BCUT2D eigenvalue weighted by molar-refractivity contribution is 5.83. The van der Waals surface area contributed by atoms with Crippen molar-refractivity contribution in [1.29, 1.82) is 0 Å². The summed E-state index contributed by atoms with van der Waals surface area (Å²) in [5.41, 5.74) is 3.18. The summed E-state index contributed by atoms with van der Waals surface area (Å²) in [4.78, 5) is 11.7. The molecule has 108 valence electrons. The SMILES string of the molecule is Cc1ccnc(N[C@H](CO)Cc2c[nH]c3ccccc23)n1. The van der Waals surface area contributed by atoms with Crippen molar-refractivity contribution < 1.29 is 5.11 Å². The van der Waals surface area contributed by atoms with Crippen LogP contribution in [0.4, 0.5) is 5.95 Å². The van der Waals surface area contributed by atoms with Gasteiger partial charge < -0.3 is 15.4 Å². The van der Waals surface area contributed by atoms with Crippen LogP contribution in [-0.4, -0.2) is 32.7 Å². The Morgan fingerprint density at radius 2 is 2.14 bits per heavy atom. The number of nitrogens with one attached hydrogen (secondary N) is 2. The van der Waals surface area contributed by atoms with Crippen LogP contribution in [0.5, 0.6) is 0 Å². The van der Waals surface area contributed by atoms with E-state index < -0.39 is 0 Å². The predicted molar refractivity (Wildman–Crippen MR) is 83.3 cm³/mol. The lowest BCUT2D eigenvalue weighted by atomic mass is 10.1. The smallest absolute Gasteiger partial charge is 0.223 e. The first-order valence-corrected chi connectivity index (χ1v) is 6.98. The fourth-order valence-electron chi connectivity index (χ4n) is 2.43. The summed E-state index contributed by atoms with van der Waals surface area (Å²) < 4.78 is 0. The second-order valence-electron chi connectivity index (χ2n) is 5.11. The highest BCUT2D eigenvalue weighted by Gasteiger charge is 2.12. The molecule has 3 N–H and O–H groups in total. The number of para-hydroxylation sites is 1. The monoisotopic (exact) mass is 282 g/mol. The summed E-state index contributed by atoms with van der Waals surface area (Å²) in [5, 5.41) is 14.0. The molecule has 1 atom stereocenters. The Kier molecular flexibility index (Phi) is 3.83. The minimum atomic E-state index is -0.119. The maximum atomic E-state index is 9.60. The predicted octanol–water partition coefficient (Wildman–Crippen LogP) is 2.28. The molecule has 0 fully saturated rings. The van der Waals surface area contributed by atoms with Gasteiger partial charge in [-0.15, -0.1) is 0 Å². The van der Waals surface area contributed by atoms with E-state index in [0.29, 0.717) is 12.4 Å². The van der Waals surface area contributed by atoms with Gasteiger partial charge in [-0.1, -0.05) is 18.2 Å². The van der Waals surface area contributed by atoms with Crippen molar-refractivity contribution in [3.8, 4) is 0 Å². The van der Waals surface area contributed by atoms with Crippen molar-refractivity contribution in [2.24, 2.45) is 0 Å². The molecule has 2 heterocycles. The van der Waals surface area contributed by atoms with Crippen LogP contribution in [-0.2, 0) is 6.42 Å². The number of benzene rings is 1. The number of aromatic nitrogens is 3. The third-order valence-electron chi connectivity index (χ3n) is 3.49. The summed E-state index contributed by atoms with van der Waals surface area (Å²) in [6.45, 7) is 1.94.